The molecule has 1 saturated heterocycles. The highest BCUT2D eigenvalue weighted by molar-refractivity contribution is 7.89. The zero-order valence-electron chi connectivity index (χ0n) is 14.5. The monoisotopic (exact) mass is 366 g/mol. The lowest BCUT2D eigenvalue weighted by Crippen LogP contribution is -2.54. The van der Waals surface area contributed by atoms with Crippen molar-refractivity contribution in [2.75, 3.05) is 19.6 Å². The fraction of sp³-hybridized carbons (Fsp3) is 0.238. The Hall–Kier alpha value is -2.21. The van der Waals surface area contributed by atoms with Gasteiger partial charge in [0.1, 0.15) is 0 Å². The minimum absolute atomic E-state index is 0.0809. The molecule has 5 heteroatoms. The standard InChI is InChI=1S/C21H22N2O2S/c24-26(25,21-11-10-18-8-4-5-9-19(18)15-21)23-13-12-22-16-20(23)14-17-6-2-1-3-7-17/h1-11,15,20,22H,12-14,16H2. The summed E-state index contributed by atoms with van der Waals surface area (Å²) in [5.74, 6) is 0. The van der Waals surface area contributed by atoms with Crippen molar-refractivity contribution >= 4 is 20.8 Å². The van der Waals surface area contributed by atoms with Gasteiger partial charge in [0.2, 0.25) is 10.0 Å². The van der Waals surface area contributed by atoms with Gasteiger partial charge < -0.3 is 5.32 Å². The van der Waals surface area contributed by atoms with Gasteiger partial charge in [0.25, 0.3) is 0 Å². The van der Waals surface area contributed by atoms with Gasteiger partial charge in [0, 0.05) is 25.7 Å². The number of hydrogen-bond acceptors (Lipinski definition) is 3. The Morgan fingerprint density at radius 2 is 1.65 bits per heavy atom. The van der Waals surface area contributed by atoms with E-state index in [-0.39, 0.29) is 6.04 Å². The smallest absolute Gasteiger partial charge is 0.243 e. The van der Waals surface area contributed by atoms with Gasteiger partial charge in [0.15, 0.2) is 0 Å². The third-order valence-electron chi connectivity index (χ3n) is 4.94. The van der Waals surface area contributed by atoms with Crippen LogP contribution in [0.5, 0.6) is 0 Å². The third kappa shape index (κ3) is 3.38. The molecule has 0 radical (unpaired) electrons. The minimum atomic E-state index is -3.53. The van der Waals surface area contributed by atoms with E-state index in [1.165, 1.54) is 0 Å². The van der Waals surface area contributed by atoms with Gasteiger partial charge in [-0.15, -0.1) is 0 Å². The third-order valence-corrected chi connectivity index (χ3v) is 6.89. The first kappa shape index (κ1) is 17.2. The zero-order chi connectivity index (χ0) is 18.0. The van der Waals surface area contributed by atoms with Gasteiger partial charge in [-0.1, -0.05) is 60.7 Å². The van der Waals surface area contributed by atoms with Gasteiger partial charge in [-0.3, -0.25) is 0 Å². The Labute approximate surface area is 154 Å². The fourth-order valence-corrected chi connectivity index (χ4v) is 5.24. The Kier molecular flexibility index (Phi) is 4.76. The molecule has 1 unspecified atom stereocenters. The minimum Gasteiger partial charge on any atom is -0.314 e. The maximum atomic E-state index is 13.3. The van der Waals surface area contributed by atoms with Gasteiger partial charge in [-0.05, 0) is 34.9 Å². The average molecular weight is 366 g/mol. The Bertz CT molecular complexity index is 1000. The van der Waals surface area contributed by atoms with E-state index in [0.717, 1.165) is 16.3 Å². The van der Waals surface area contributed by atoms with E-state index in [2.05, 4.69) is 17.4 Å². The van der Waals surface area contributed by atoms with Crippen LogP contribution in [0.15, 0.2) is 77.7 Å². The van der Waals surface area contributed by atoms with Gasteiger partial charge in [0.05, 0.1) is 4.90 Å². The molecule has 3 aromatic carbocycles. The average Bonchev–Trinajstić information content (AvgIpc) is 2.69. The van der Waals surface area contributed by atoms with Crippen molar-refractivity contribution in [2.24, 2.45) is 0 Å². The molecule has 4 nitrogen and oxygen atoms in total. The summed E-state index contributed by atoms with van der Waals surface area (Å²) in [7, 11) is -3.53. The van der Waals surface area contributed by atoms with Crippen LogP contribution in [0.25, 0.3) is 10.8 Å². The molecule has 0 bridgehead atoms. The molecule has 0 spiro atoms. The first-order valence-electron chi connectivity index (χ1n) is 8.90. The van der Waals surface area contributed by atoms with E-state index in [1.54, 1.807) is 16.4 Å². The molecule has 0 amide bonds. The summed E-state index contributed by atoms with van der Waals surface area (Å²) in [6.07, 6.45) is 0.709. The molecule has 1 aliphatic rings. The lowest BCUT2D eigenvalue weighted by atomic mass is 10.1. The summed E-state index contributed by atoms with van der Waals surface area (Å²) in [5.41, 5.74) is 1.15. The summed E-state index contributed by atoms with van der Waals surface area (Å²) in [6, 6.07) is 23.2. The number of hydrogen-bond donors (Lipinski definition) is 1. The van der Waals surface area contributed by atoms with Crippen molar-refractivity contribution in [1.82, 2.24) is 9.62 Å². The molecule has 134 valence electrons. The SMILES string of the molecule is O=S(=O)(c1ccc2ccccc2c1)N1CCNCC1Cc1ccccc1. The van der Waals surface area contributed by atoms with E-state index in [9.17, 15) is 8.42 Å². The quantitative estimate of drug-likeness (QED) is 0.772. The van der Waals surface area contributed by atoms with Crippen molar-refractivity contribution < 1.29 is 8.42 Å². The van der Waals surface area contributed by atoms with Crippen LogP contribution in [0.1, 0.15) is 5.56 Å². The molecule has 0 aromatic heterocycles. The molecular formula is C21H22N2O2S. The lowest BCUT2D eigenvalue weighted by Gasteiger charge is -2.35. The number of fused-ring (bicyclic) bond motifs is 1. The van der Waals surface area contributed by atoms with Crippen LogP contribution < -0.4 is 5.32 Å². The zero-order valence-corrected chi connectivity index (χ0v) is 15.3. The molecule has 1 fully saturated rings. The number of benzene rings is 3. The summed E-state index contributed by atoms with van der Waals surface area (Å²) >= 11 is 0. The number of nitrogens with one attached hydrogen (secondary N) is 1. The molecule has 1 N–H and O–H groups in total. The van der Waals surface area contributed by atoms with Crippen molar-refractivity contribution in [3.8, 4) is 0 Å². The predicted molar refractivity (Wildman–Crippen MR) is 105 cm³/mol. The maximum Gasteiger partial charge on any atom is 0.243 e. The largest absolute Gasteiger partial charge is 0.314 e. The summed E-state index contributed by atoms with van der Waals surface area (Å²) in [6.45, 7) is 1.84. The second-order valence-electron chi connectivity index (χ2n) is 6.67. The lowest BCUT2D eigenvalue weighted by molar-refractivity contribution is 0.266. The second-order valence-corrected chi connectivity index (χ2v) is 8.56. The number of rotatable bonds is 4. The predicted octanol–water partition coefficient (Wildman–Crippen LogP) is 3.05. The van der Waals surface area contributed by atoms with E-state index < -0.39 is 10.0 Å². The molecule has 4 rings (SSSR count). The van der Waals surface area contributed by atoms with Crippen molar-refractivity contribution in [1.29, 1.82) is 0 Å². The van der Waals surface area contributed by atoms with Crippen molar-refractivity contribution in [2.45, 2.75) is 17.4 Å². The summed E-state index contributed by atoms with van der Waals surface area (Å²) in [5, 5.41) is 5.33. The van der Waals surface area contributed by atoms with Crippen LogP contribution in [0.2, 0.25) is 0 Å². The highest BCUT2D eigenvalue weighted by atomic mass is 32.2. The Morgan fingerprint density at radius 3 is 2.46 bits per heavy atom. The molecule has 0 aliphatic carbocycles. The van der Waals surface area contributed by atoms with Gasteiger partial charge in [-0.2, -0.15) is 4.31 Å². The molecule has 1 aliphatic heterocycles. The summed E-state index contributed by atoms with van der Waals surface area (Å²) < 4.78 is 28.3. The van der Waals surface area contributed by atoms with Crippen LogP contribution in [-0.4, -0.2) is 38.4 Å². The second kappa shape index (κ2) is 7.19. The number of nitrogens with zero attached hydrogens (tertiary/aromatic N) is 1. The normalized spacial score (nSPS) is 18.8. The molecule has 26 heavy (non-hydrogen) atoms. The topological polar surface area (TPSA) is 49.4 Å². The Morgan fingerprint density at radius 1 is 0.923 bits per heavy atom. The number of sulfonamides is 1. The van der Waals surface area contributed by atoms with E-state index >= 15 is 0 Å². The Balaban J connectivity index is 1.67. The first-order valence-corrected chi connectivity index (χ1v) is 10.3. The summed E-state index contributed by atoms with van der Waals surface area (Å²) in [4.78, 5) is 0.371. The van der Waals surface area contributed by atoms with Crippen LogP contribution in [0.4, 0.5) is 0 Å². The van der Waals surface area contributed by atoms with Gasteiger partial charge >= 0.3 is 0 Å². The molecule has 3 aromatic rings. The molecule has 1 heterocycles. The van der Waals surface area contributed by atoms with Crippen LogP contribution in [0.3, 0.4) is 0 Å². The first-order chi connectivity index (χ1) is 12.6. The van der Waals surface area contributed by atoms with Crippen molar-refractivity contribution in [3.05, 3.63) is 78.4 Å². The van der Waals surface area contributed by atoms with Crippen LogP contribution in [0, 0.1) is 0 Å². The van der Waals surface area contributed by atoms with Crippen LogP contribution in [-0.2, 0) is 16.4 Å². The van der Waals surface area contributed by atoms with Gasteiger partial charge in [-0.25, -0.2) is 8.42 Å². The highest BCUT2D eigenvalue weighted by Gasteiger charge is 2.33. The molecule has 1 atom stereocenters. The maximum absolute atomic E-state index is 13.3. The van der Waals surface area contributed by atoms with E-state index in [0.29, 0.717) is 31.0 Å². The van der Waals surface area contributed by atoms with E-state index in [1.807, 2.05) is 48.5 Å². The highest BCUT2D eigenvalue weighted by Crippen LogP contribution is 2.25. The molecular weight excluding hydrogens is 344 g/mol. The number of piperazine rings is 1. The molecule has 0 saturated carbocycles. The fourth-order valence-electron chi connectivity index (χ4n) is 3.58. The van der Waals surface area contributed by atoms with Crippen LogP contribution >= 0.6 is 0 Å². The van der Waals surface area contributed by atoms with E-state index in [4.69, 9.17) is 0 Å². The van der Waals surface area contributed by atoms with Crippen molar-refractivity contribution in [3.63, 3.8) is 0 Å².